The summed E-state index contributed by atoms with van der Waals surface area (Å²) >= 11 is 3.05. The van der Waals surface area contributed by atoms with Gasteiger partial charge in [-0.2, -0.15) is 4.98 Å². The maximum atomic E-state index is 5.32. The quantitative estimate of drug-likeness (QED) is 0.591. The van der Waals surface area contributed by atoms with E-state index in [1.807, 2.05) is 24.3 Å². The van der Waals surface area contributed by atoms with E-state index in [-0.39, 0.29) is 0 Å². The zero-order valence-corrected chi connectivity index (χ0v) is 15.9. The molecule has 0 aliphatic heterocycles. The van der Waals surface area contributed by atoms with Crippen molar-refractivity contribution in [3.63, 3.8) is 0 Å². The highest BCUT2D eigenvalue weighted by Gasteiger charge is 2.12. The van der Waals surface area contributed by atoms with Gasteiger partial charge < -0.3 is 14.6 Å². The lowest BCUT2D eigenvalue weighted by Gasteiger charge is -2.03. The molecule has 0 amide bonds. The molecule has 2 aromatic heterocycles. The Kier molecular flexibility index (Phi) is 5.87. The minimum absolute atomic E-state index is 0.547. The van der Waals surface area contributed by atoms with Gasteiger partial charge in [-0.05, 0) is 18.1 Å². The zero-order chi connectivity index (χ0) is 17.6. The van der Waals surface area contributed by atoms with Gasteiger partial charge in [0.2, 0.25) is 16.8 Å². The standard InChI is InChI=1S/C16H19N5O2S2/c1-10(2)8-17-15-19-20-16(25-15)24-9-13-18-14(21-23-13)11-5-4-6-12(7-11)22-3/h4-7,10H,8-9H2,1-3H3,(H,17,19). The van der Waals surface area contributed by atoms with Crippen LogP contribution in [0.15, 0.2) is 33.1 Å². The van der Waals surface area contributed by atoms with Gasteiger partial charge >= 0.3 is 0 Å². The van der Waals surface area contributed by atoms with E-state index in [9.17, 15) is 0 Å². The van der Waals surface area contributed by atoms with Crippen LogP contribution >= 0.6 is 23.1 Å². The van der Waals surface area contributed by atoms with Gasteiger partial charge in [0.1, 0.15) is 5.75 Å². The summed E-state index contributed by atoms with van der Waals surface area (Å²) in [6.07, 6.45) is 0. The summed E-state index contributed by atoms with van der Waals surface area (Å²) in [5, 5.41) is 16.4. The number of ether oxygens (including phenoxy) is 1. The molecular formula is C16H19N5O2S2. The molecule has 132 valence electrons. The van der Waals surface area contributed by atoms with Crippen molar-refractivity contribution in [2.75, 3.05) is 19.0 Å². The zero-order valence-electron chi connectivity index (χ0n) is 14.2. The first-order chi connectivity index (χ1) is 12.1. The van der Waals surface area contributed by atoms with Crippen LogP contribution in [0.3, 0.4) is 0 Å². The molecule has 0 saturated carbocycles. The van der Waals surface area contributed by atoms with Gasteiger partial charge in [0.25, 0.3) is 0 Å². The summed E-state index contributed by atoms with van der Waals surface area (Å²) < 4.78 is 11.4. The molecule has 0 bridgehead atoms. The van der Waals surface area contributed by atoms with E-state index >= 15 is 0 Å². The molecule has 25 heavy (non-hydrogen) atoms. The van der Waals surface area contributed by atoms with Crippen molar-refractivity contribution in [3.05, 3.63) is 30.2 Å². The molecule has 3 rings (SSSR count). The minimum atomic E-state index is 0.547. The van der Waals surface area contributed by atoms with Crippen LogP contribution < -0.4 is 10.1 Å². The van der Waals surface area contributed by atoms with E-state index in [2.05, 4.69) is 39.5 Å². The summed E-state index contributed by atoms with van der Waals surface area (Å²) in [6.45, 7) is 5.19. The number of thioether (sulfide) groups is 1. The highest BCUT2D eigenvalue weighted by molar-refractivity contribution is 8.00. The Bertz CT molecular complexity index is 818. The maximum absolute atomic E-state index is 5.32. The second-order valence-electron chi connectivity index (χ2n) is 5.68. The molecule has 7 nitrogen and oxygen atoms in total. The molecule has 0 spiro atoms. The first kappa shape index (κ1) is 17.7. The molecule has 0 fully saturated rings. The summed E-state index contributed by atoms with van der Waals surface area (Å²) in [5.74, 6) is 2.97. The normalized spacial score (nSPS) is 11.0. The summed E-state index contributed by atoms with van der Waals surface area (Å²) in [4.78, 5) is 4.42. The lowest BCUT2D eigenvalue weighted by atomic mass is 10.2. The molecule has 1 aromatic carbocycles. The van der Waals surface area contributed by atoms with Gasteiger partial charge in [-0.15, -0.1) is 10.2 Å². The van der Waals surface area contributed by atoms with E-state index < -0.39 is 0 Å². The third kappa shape index (κ3) is 4.93. The molecule has 0 saturated heterocycles. The average molecular weight is 377 g/mol. The number of anilines is 1. The molecule has 0 radical (unpaired) electrons. The summed E-state index contributed by atoms with van der Waals surface area (Å²) in [5.41, 5.74) is 0.857. The van der Waals surface area contributed by atoms with Crippen molar-refractivity contribution >= 4 is 28.2 Å². The van der Waals surface area contributed by atoms with Gasteiger partial charge in [0.15, 0.2) is 4.34 Å². The lowest BCUT2D eigenvalue weighted by molar-refractivity contribution is 0.391. The van der Waals surface area contributed by atoms with E-state index in [0.29, 0.717) is 23.4 Å². The topological polar surface area (TPSA) is 86.0 Å². The van der Waals surface area contributed by atoms with Crippen LogP contribution in [0, 0.1) is 5.92 Å². The lowest BCUT2D eigenvalue weighted by Crippen LogP contribution is -2.07. The van der Waals surface area contributed by atoms with E-state index in [4.69, 9.17) is 9.26 Å². The second kappa shape index (κ2) is 8.30. The van der Waals surface area contributed by atoms with Crippen molar-refractivity contribution in [3.8, 4) is 17.1 Å². The predicted octanol–water partition coefficient (Wildman–Crippen LogP) is 3.96. The fourth-order valence-corrected chi connectivity index (χ4v) is 3.54. The molecular weight excluding hydrogens is 358 g/mol. The Morgan fingerprint density at radius 3 is 3.00 bits per heavy atom. The van der Waals surface area contributed by atoms with Gasteiger partial charge in [-0.3, -0.25) is 0 Å². The number of rotatable bonds is 8. The van der Waals surface area contributed by atoms with Crippen LogP contribution in [0.2, 0.25) is 0 Å². The second-order valence-corrected chi connectivity index (χ2v) is 7.88. The van der Waals surface area contributed by atoms with E-state index in [1.54, 1.807) is 7.11 Å². The Morgan fingerprint density at radius 2 is 2.20 bits per heavy atom. The van der Waals surface area contributed by atoms with Crippen LogP contribution in [0.25, 0.3) is 11.4 Å². The van der Waals surface area contributed by atoms with Gasteiger partial charge in [0.05, 0.1) is 12.9 Å². The van der Waals surface area contributed by atoms with Crippen molar-refractivity contribution in [2.45, 2.75) is 23.9 Å². The van der Waals surface area contributed by atoms with Crippen LogP contribution in [0.4, 0.5) is 5.13 Å². The molecule has 0 aliphatic carbocycles. The summed E-state index contributed by atoms with van der Waals surface area (Å²) in [7, 11) is 1.63. The Labute approximate surface area is 154 Å². The number of hydrogen-bond acceptors (Lipinski definition) is 9. The Balaban J connectivity index is 1.58. The third-order valence-electron chi connectivity index (χ3n) is 3.18. The fraction of sp³-hybridized carbons (Fsp3) is 0.375. The Hall–Kier alpha value is -2.13. The number of benzene rings is 1. The molecule has 0 aliphatic rings. The van der Waals surface area contributed by atoms with Crippen LogP contribution in [-0.2, 0) is 5.75 Å². The number of nitrogens with one attached hydrogen (secondary N) is 1. The number of nitrogens with zero attached hydrogens (tertiary/aromatic N) is 4. The van der Waals surface area contributed by atoms with Gasteiger partial charge in [-0.25, -0.2) is 0 Å². The third-order valence-corrected chi connectivity index (χ3v) is 5.18. The number of aromatic nitrogens is 4. The highest BCUT2D eigenvalue weighted by atomic mass is 32.2. The monoisotopic (exact) mass is 377 g/mol. The minimum Gasteiger partial charge on any atom is -0.497 e. The highest BCUT2D eigenvalue weighted by Crippen LogP contribution is 2.29. The van der Waals surface area contributed by atoms with E-state index in [0.717, 1.165) is 27.3 Å². The average Bonchev–Trinajstić information content (AvgIpc) is 3.27. The Morgan fingerprint density at radius 1 is 1.32 bits per heavy atom. The van der Waals surface area contributed by atoms with Crippen molar-refractivity contribution in [1.29, 1.82) is 0 Å². The van der Waals surface area contributed by atoms with Crippen LogP contribution in [-0.4, -0.2) is 34.0 Å². The largest absolute Gasteiger partial charge is 0.497 e. The first-order valence-electron chi connectivity index (χ1n) is 7.81. The van der Waals surface area contributed by atoms with Crippen LogP contribution in [0.1, 0.15) is 19.7 Å². The van der Waals surface area contributed by atoms with Crippen LogP contribution in [0.5, 0.6) is 5.75 Å². The first-order valence-corrected chi connectivity index (χ1v) is 9.61. The van der Waals surface area contributed by atoms with Crippen molar-refractivity contribution in [2.24, 2.45) is 5.92 Å². The van der Waals surface area contributed by atoms with E-state index in [1.165, 1.54) is 23.1 Å². The smallest absolute Gasteiger partial charge is 0.237 e. The number of methoxy groups -OCH3 is 1. The van der Waals surface area contributed by atoms with Crippen molar-refractivity contribution in [1.82, 2.24) is 20.3 Å². The van der Waals surface area contributed by atoms with Crippen molar-refractivity contribution < 1.29 is 9.26 Å². The van der Waals surface area contributed by atoms with Gasteiger partial charge in [0, 0.05) is 12.1 Å². The molecule has 1 N–H and O–H groups in total. The summed E-state index contributed by atoms with van der Waals surface area (Å²) in [6, 6.07) is 7.56. The molecule has 2 heterocycles. The molecule has 3 aromatic rings. The maximum Gasteiger partial charge on any atom is 0.237 e. The SMILES string of the molecule is COc1cccc(-c2noc(CSc3nnc(NCC(C)C)s3)n2)c1. The molecule has 0 unspecified atom stereocenters. The fourth-order valence-electron chi connectivity index (χ4n) is 1.95. The van der Waals surface area contributed by atoms with Gasteiger partial charge in [-0.1, -0.05) is 54.2 Å². The molecule has 9 heteroatoms. The predicted molar refractivity (Wildman–Crippen MR) is 99.1 cm³/mol. The molecule has 0 atom stereocenters. The number of hydrogen-bond donors (Lipinski definition) is 1.